The van der Waals surface area contributed by atoms with E-state index in [0.29, 0.717) is 23.1 Å². The van der Waals surface area contributed by atoms with Gasteiger partial charge in [0, 0.05) is 25.7 Å². The van der Waals surface area contributed by atoms with Crippen LogP contribution in [0, 0.1) is 0 Å². The van der Waals surface area contributed by atoms with Gasteiger partial charge in [0.15, 0.2) is 0 Å². The predicted octanol–water partition coefficient (Wildman–Crippen LogP) is 4.72. The molecule has 2 aliphatic rings. The third-order valence-electron chi connectivity index (χ3n) is 4.58. The number of amidine groups is 1. The molecule has 4 rings (SSSR count). The molecular formula is C21H22ClN5O. The van der Waals surface area contributed by atoms with Crippen molar-refractivity contribution in [3.63, 3.8) is 0 Å². The van der Waals surface area contributed by atoms with E-state index in [1.807, 2.05) is 50.2 Å². The zero-order valence-corrected chi connectivity index (χ0v) is 17.1. The van der Waals surface area contributed by atoms with Crippen LogP contribution in [0.5, 0.6) is 11.8 Å². The molecule has 0 saturated heterocycles. The normalized spacial score (nSPS) is 15.0. The number of hydrogen-bond acceptors (Lipinski definition) is 6. The van der Waals surface area contributed by atoms with Crippen molar-refractivity contribution in [3.8, 4) is 11.8 Å². The summed E-state index contributed by atoms with van der Waals surface area (Å²) in [5.41, 5.74) is 4.71. The van der Waals surface area contributed by atoms with Gasteiger partial charge in [0.1, 0.15) is 23.2 Å². The molecule has 1 aliphatic carbocycles. The molecule has 0 atom stereocenters. The zero-order valence-electron chi connectivity index (χ0n) is 16.4. The number of hydrogen-bond donors (Lipinski definition) is 1. The lowest BCUT2D eigenvalue weighted by Gasteiger charge is -2.15. The fourth-order valence-corrected chi connectivity index (χ4v) is 3.47. The van der Waals surface area contributed by atoms with Gasteiger partial charge in [-0.1, -0.05) is 29.3 Å². The Bertz CT molecular complexity index is 1040. The Hall–Kier alpha value is -2.86. The molecule has 2 heterocycles. The number of aliphatic imine (C=N–C) groups is 1. The molecule has 0 radical (unpaired) electrons. The van der Waals surface area contributed by atoms with Gasteiger partial charge in [-0.05, 0) is 43.5 Å². The molecule has 0 fully saturated rings. The lowest BCUT2D eigenvalue weighted by molar-refractivity contribution is 0.443. The number of benzene rings is 1. The van der Waals surface area contributed by atoms with E-state index in [9.17, 15) is 0 Å². The van der Waals surface area contributed by atoms with E-state index in [2.05, 4.69) is 33.3 Å². The van der Waals surface area contributed by atoms with Gasteiger partial charge in [-0.3, -0.25) is 4.99 Å². The first-order chi connectivity index (χ1) is 13.4. The number of rotatable bonds is 4. The van der Waals surface area contributed by atoms with Crippen LogP contribution in [0.4, 0.5) is 11.6 Å². The number of allylic oxidation sites excluding steroid dienone is 1. The van der Waals surface area contributed by atoms with Crippen LogP contribution in [0.15, 0.2) is 40.4 Å². The summed E-state index contributed by atoms with van der Waals surface area (Å²) in [6, 6.07) is 6.00. The Morgan fingerprint density at radius 3 is 2.64 bits per heavy atom. The number of ether oxygens (including phenoxy) is 1. The minimum absolute atomic E-state index is 0.230. The minimum Gasteiger partial charge on any atom is -0.423 e. The lowest BCUT2D eigenvalue weighted by Crippen LogP contribution is -2.14. The van der Waals surface area contributed by atoms with Crippen LogP contribution in [0.25, 0.3) is 6.08 Å². The largest absolute Gasteiger partial charge is 0.423 e. The molecule has 28 heavy (non-hydrogen) atoms. The second kappa shape index (κ2) is 7.28. The highest BCUT2D eigenvalue weighted by atomic mass is 35.5. The molecule has 1 aromatic carbocycles. The summed E-state index contributed by atoms with van der Waals surface area (Å²) < 4.78 is 5.98. The molecule has 0 bridgehead atoms. The first-order valence-corrected chi connectivity index (χ1v) is 9.48. The minimum atomic E-state index is 0.230. The van der Waals surface area contributed by atoms with Gasteiger partial charge in [0.2, 0.25) is 0 Å². The van der Waals surface area contributed by atoms with Crippen molar-refractivity contribution in [3.05, 3.63) is 51.6 Å². The van der Waals surface area contributed by atoms with Crippen molar-refractivity contribution in [1.29, 1.82) is 0 Å². The van der Waals surface area contributed by atoms with Crippen LogP contribution in [-0.4, -0.2) is 36.4 Å². The van der Waals surface area contributed by atoms with E-state index in [4.69, 9.17) is 16.3 Å². The van der Waals surface area contributed by atoms with Gasteiger partial charge in [0.25, 0.3) is 0 Å². The molecule has 7 heteroatoms. The van der Waals surface area contributed by atoms with E-state index >= 15 is 0 Å². The van der Waals surface area contributed by atoms with E-state index in [1.165, 1.54) is 16.7 Å². The molecule has 1 N–H and O–H groups in total. The highest BCUT2D eigenvalue weighted by Crippen LogP contribution is 2.38. The van der Waals surface area contributed by atoms with Crippen molar-refractivity contribution in [2.75, 3.05) is 30.9 Å². The quantitative estimate of drug-likeness (QED) is 0.811. The van der Waals surface area contributed by atoms with E-state index in [1.54, 1.807) is 0 Å². The topological polar surface area (TPSA) is 62.6 Å². The number of halogens is 1. The van der Waals surface area contributed by atoms with Gasteiger partial charge >= 0.3 is 6.01 Å². The van der Waals surface area contributed by atoms with Crippen LogP contribution in [0.1, 0.15) is 25.0 Å². The smallest absolute Gasteiger partial charge is 0.325 e. The number of fused-ring (bicyclic) bond motifs is 1. The Labute approximate surface area is 169 Å². The van der Waals surface area contributed by atoms with E-state index in [0.717, 1.165) is 23.6 Å². The molecule has 0 saturated carbocycles. The SMILES string of the molecule is CC1=CC(Nc2cc(N(C)C)nc(Oc3ccc4c(c3Cl)C=C(C)C4)n2)=NC1. The second-order valence-electron chi connectivity index (χ2n) is 7.33. The maximum absolute atomic E-state index is 6.59. The van der Waals surface area contributed by atoms with Crippen molar-refractivity contribution in [2.24, 2.45) is 4.99 Å². The van der Waals surface area contributed by atoms with Gasteiger partial charge in [-0.15, -0.1) is 0 Å². The second-order valence-corrected chi connectivity index (χ2v) is 7.70. The summed E-state index contributed by atoms with van der Waals surface area (Å²) in [5, 5.41) is 3.81. The predicted molar refractivity (Wildman–Crippen MR) is 115 cm³/mol. The first-order valence-electron chi connectivity index (χ1n) is 9.10. The number of nitrogens with one attached hydrogen (secondary N) is 1. The highest BCUT2D eigenvalue weighted by Gasteiger charge is 2.18. The van der Waals surface area contributed by atoms with Gasteiger partial charge < -0.3 is 15.0 Å². The van der Waals surface area contributed by atoms with Gasteiger partial charge in [0.05, 0.1) is 11.6 Å². The first kappa shape index (κ1) is 18.5. The summed E-state index contributed by atoms with van der Waals surface area (Å²) in [4.78, 5) is 15.3. The Morgan fingerprint density at radius 2 is 1.93 bits per heavy atom. The summed E-state index contributed by atoms with van der Waals surface area (Å²) in [6.07, 6.45) is 5.02. The maximum atomic E-state index is 6.59. The van der Waals surface area contributed by atoms with Crippen LogP contribution >= 0.6 is 11.6 Å². The molecule has 0 spiro atoms. The standard InChI is InChI=1S/C21H22ClN5O/c1-12-7-14-5-6-16(20(22)15(14)8-12)28-21-25-18(10-19(26-21)27(3)4)24-17-9-13(2)11-23-17/h5-6,8-10H,7,11H2,1-4H3,(H,23,24,25,26). The fraction of sp³-hybridized carbons (Fsp3) is 0.286. The van der Waals surface area contributed by atoms with Crippen molar-refractivity contribution in [1.82, 2.24) is 9.97 Å². The van der Waals surface area contributed by atoms with Crippen molar-refractivity contribution in [2.45, 2.75) is 20.3 Å². The number of nitrogens with zero attached hydrogens (tertiary/aromatic N) is 4. The molecule has 1 aromatic heterocycles. The Kier molecular flexibility index (Phi) is 4.81. The van der Waals surface area contributed by atoms with Gasteiger partial charge in [-0.2, -0.15) is 9.97 Å². The lowest BCUT2D eigenvalue weighted by atomic mass is 10.1. The average molecular weight is 396 g/mol. The molecule has 144 valence electrons. The third-order valence-corrected chi connectivity index (χ3v) is 4.97. The number of anilines is 2. The fourth-order valence-electron chi connectivity index (χ4n) is 3.19. The molecule has 2 aromatic rings. The monoisotopic (exact) mass is 395 g/mol. The Morgan fingerprint density at radius 1 is 1.11 bits per heavy atom. The summed E-state index contributed by atoms with van der Waals surface area (Å²) in [7, 11) is 3.84. The van der Waals surface area contributed by atoms with Crippen LogP contribution in [-0.2, 0) is 6.42 Å². The van der Waals surface area contributed by atoms with E-state index in [-0.39, 0.29) is 6.01 Å². The summed E-state index contributed by atoms with van der Waals surface area (Å²) in [5.74, 6) is 2.66. The third kappa shape index (κ3) is 3.73. The molecular weight excluding hydrogens is 374 g/mol. The van der Waals surface area contributed by atoms with E-state index < -0.39 is 0 Å². The average Bonchev–Trinajstić information content (AvgIpc) is 3.22. The van der Waals surface area contributed by atoms with Crippen molar-refractivity contribution >= 4 is 35.1 Å². The van der Waals surface area contributed by atoms with Crippen LogP contribution in [0.3, 0.4) is 0 Å². The zero-order chi connectivity index (χ0) is 19.8. The molecule has 6 nitrogen and oxygen atoms in total. The number of aromatic nitrogens is 2. The Balaban J connectivity index is 1.65. The highest BCUT2D eigenvalue weighted by molar-refractivity contribution is 6.33. The molecule has 1 aliphatic heterocycles. The maximum Gasteiger partial charge on any atom is 0.325 e. The van der Waals surface area contributed by atoms with Gasteiger partial charge in [-0.25, -0.2) is 0 Å². The van der Waals surface area contributed by atoms with Crippen LogP contribution in [0.2, 0.25) is 5.02 Å². The van der Waals surface area contributed by atoms with Crippen molar-refractivity contribution < 1.29 is 4.74 Å². The molecule has 0 unspecified atom stereocenters. The summed E-state index contributed by atoms with van der Waals surface area (Å²) in [6.45, 7) is 4.85. The summed E-state index contributed by atoms with van der Waals surface area (Å²) >= 11 is 6.59. The van der Waals surface area contributed by atoms with Crippen LogP contribution < -0.4 is 15.0 Å². The molecule has 0 amide bonds.